The van der Waals surface area contributed by atoms with Crippen LogP contribution in [0.5, 0.6) is 0 Å². The first-order valence-electron chi connectivity index (χ1n) is 5.05. The number of hydrogen-bond acceptors (Lipinski definition) is 2. The second-order valence-electron chi connectivity index (χ2n) is 3.71. The summed E-state index contributed by atoms with van der Waals surface area (Å²) in [6.07, 6.45) is 4.71. The lowest BCUT2D eigenvalue weighted by atomic mass is 10.2. The minimum absolute atomic E-state index is 0.0977. The maximum absolute atomic E-state index is 11.7. The van der Waals surface area contributed by atoms with Crippen LogP contribution in [0.25, 0.3) is 0 Å². The molecule has 0 fully saturated rings. The van der Waals surface area contributed by atoms with Crippen molar-refractivity contribution in [3.63, 3.8) is 0 Å². The zero-order valence-electron chi connectivity index (χ0n) is 8.81. The Bertz CT molecular complexity index is 329. The van der Waals surface area contributed by atoms with Crippen molar-refractivity contribution in [3.8, 4) is 0 Å². The zero-order valence-corrected chi connectivity index (χ0v) is 9.70. The van der Waals surface area contributed by atoms with E-state index in [0.29, 0.717) is 5.92 Å². The van der Waals surface area contributed by atoms with Gasteiger partial charge in [0.25, 0.3) is 0 Å². The van der Waals surface area contributed by atoms with Crippen molar-refractivity contribution in [2.45, 2.75) is 33.4 Å². The van der Waals surface area contributed by atoms with Crippen LogP contribution in [0.2, 0.25) is 0 Å². The van der Waals surface area contributed by atoms with E-state index in [1.165, 1.54) is 0 Å². The van der Waals surface area contributed by atoms with Crippen molar-refractivity contribution in [2.24, 2.45) is 5.92 Å². The second kappa shape index (κ2) is 5.29. The monoisotopic (exact) mass is 214 g/mol. The molecular weight excluding hydrogens is 196 g/mol. The van der Waals surface area contributed by atoms with E-state index in [-0.39, 0.29) is 5.69 Å². The Hall–Kier alpha value is -0.640. The van der Waals surface area contributed by atoms with Crippen LogP contribution in [0.1, 0.15) is 20.3 Å². The van der Waals surface area contributed by atoms with Crippen LogP contribution >= 0.6 is 12.6 Å². The van der Waals surface area contributed by atoms with E-state index in [2.05, 4.69) is 26.5 Å². The molecule has 1 aromatic rings. The number of aromatic nitrogens is 2. The Kier molecular flexibility index (Phi) is 4.32. The molecule has 0 radical (unpaired) electrons. The molecule has 0 bridgehead atoms. The summed E-state index contributed by atoms with van der Waals surface area (Å²) in [5.74, 6) is 1.25. The maximum atomic E-state index is 11.7. The fourth-order valence-electron chi connectivity index (χ4n) is 1.40. The van der Waals surface area contributed by atoms with Gasteiger partial charge in [-0.15, -0.1) is 0 Å². The molecule has 1 aromatic heterocycles. The largest absolute Gasteiger partial charge is 0.328 e. The molecule has 4 heteroatoms. The van der Waals surface area contributed by atoms with Crippen molar-refractivity contribution < 1.29 is 0 Å². The van der Waals surface area contributed by atoms with Gasteiger partial charge in [-0.05, 0) is 18.1 Å². The summed E-state index contributed by atoms with van der Waals surface area (Å²) in [6, 6.07) is 0. The summed E-state index contributed by atoms with van der Waals surface area (Å²) in [5.41, 5.74) is 0.0977. The summed E-state index contributed by atoms with van der Waals surface area (Å²) < 4.78 is 3.52. The van der Waals surface area contributed by atoms with E-state index < -0.39 is 0 Å². The summed E-state index contributed by atoms with van der Waals surface area (Å²) >= 11 is 4.21. The van der Waals surface area contributed by atoms with Crippen molar-refractivity contribution in [2.75, 3.05) is 5.75 Å². The third-order valence-corrected chi connectivity index (χ3v) is 2.83. The molecule has 14 heavy (non-hydrogen) atoms. The highest BCUT2D eigenvalue weighted by Gasteiger charge is 2.05. The van der Waals surface area contributed by atoms with Crippen molar-refractivity contribution in [3.05, 3.63) is 22.9 Å². The van der Waals surface area contributed by atoms with Crippen LogP contribution < -0.4 is 5.69 Å². The molecule has 1 rings (SSSR count). The van der Waals surface area contributed by atoms with E-state index in [1.807, 2.05) is 12.4 Å². The van der Waals surface area contributed by atoms with Gasteiger partial charge in [-0.3, -0.25) is 9.13 Å². The first kappa shape index (κ1) is 11.4. The van der Waals surface area contributed by atoms with E-state index >= 15 is 0 Å². The average Bonchev–Trinajstić information content (AvgIpc) is 2.50. The first-order chi connectivity index (χ1) is 6.69. The fourth-order valence-corrected chi connectivity index (χ4v) is 1.51. The summed E-state index contributed by atoms with van der Waals surface area (Å²) in [6.45, 7) is 5.73. The average molecular weight is 214 g/mol. The maximum Gasteiger partial charge on any atom is 0.328 e. The van der Waals surface area contributed by atoms with Crippen LogP contribution in [0.15, 0.2) is 17.2 Å². The van der Waals surface area contributed by atoms with Gasteiger partial charge in [-0.1, -0.05) is 13.8 Å². The lowest BCUT2D eigenvalue weighted by Gasteiger charge is -2.07. The van der Waals surface area contributed by atoms with Gasteiger partial charge in [0.15, 0.2) is 0 Å². The number of nitrogens with zero attached hydrogens (tertiary/aromatic N) is 2. The summed E-state index contributed by atoms with van der Waals surface area (Å²) in [5, 5.41) is 0. The Balaban J connectivity index is 2.74. The van der Waals surface area contributed by atoms with Crippen molar-refractivity contribution in [1.82, 2.24) is 9.13 Å². The first-order valence-corrected chi connectivity index (χ1v) is 5.68. The molecule has 0 aliphatic carbocycles. The highest BCUT2D eigenvalue weighted by molar-refractivity contribution is 7.80. The molecular formula is C10H18N2OS. The minimum atomic E-state index is 0.0977. The standard InChI is InChI=1S/C10H18N2OS/c1-3-4-11-5-6-12(10(11)13)7-9(2)8-14/h5-6,9,14H,3-4,7-8H2,1-2H3. The van der Waals surface area contributed by atoms with E-state index in [0.717, 1.165) is 25.3 Å². The molecule has 80 valence electrons. The predicted octanol–water partition coefficient (Wildman–Crippen LogP) is 1.63. The molecule has 0 amide bonds. The minimum Gasteiger partial charge on any atom is -0.299 e. The van der Waals surface area contributed by atoms with E-state index in [4.69, 9.17) is 0 Å². The molecule has 0 saturated heterocycles. The van der Waals surface area contributed by atoms with Gasteiger partial charge in [0.05, 0.1) is 0 Å². The molecule has 0 aliphatic rings. The van der Waals surface area contributed by atoms with Gasteiger partial charge in [0, 0.05) is 25.5 Å². The molecule has 0 saturated carbocycles. The van der Waals surface area contributed by atoms with Gasteiger partial charge in [0.2, 0.25) is 0 Å². The smallest absolute Gasteiger partial charge is 0.299 e. The summed E-state index contributed by atoms with van der Waals surface area (Å²) in [4.78, 5) is 11.7. The number of aryl methyl sites for hydroxylation is 1. The molecule has 1 unspecified atom stereocenters. The molecule has 0 N–H and O–H groups in total. The van der Waals surface area contributed by atoms with Gasteiger partial charge in [-0.25, -0.2) is 4.79 Å². The van der Waals surface area contributed by atoms with Crippen LogP contribution in [-0.2, 0) is 13.1 Å². The Labute approximate surface area is 90.2 Å². The quantitative estimate of drug-likeness (QED) is 0.741. The Morgan fingerprint density at radius 2 is 2.07 bits per heavy atom. The molecule has 0 spiro atoms. The SMILES string of the molecule is CCCn1ccn(CC(C)CS)c1=O. The van der Waals surface area contributed by atoms with Crippen LogP contribution in [0.3, 0.4) is 0 Å². The van der Waals surface area contributed by atoms with Crippen LogP contribution in [0.4, 0.5) is 0 Å². The van der Waals surface area contributed by atoms with Gasteiger partial charge < -0.3 is 0 Å². The van der Waals surface area contributed by atoms with Gasteiger partial charge in [-0.2, -0.15) is 12.6 Å². The molecule has 1 atom stereocenters. The molecule has 0 aromatic carbocycles. The van der Waals surface area contributed by atoms with E-state index in [1.54, 1.807) is 9.13 Å². The lowest BCUT2D eigenvalue weighted by Crippen LogP contribution is -2.26. The molecule has 1 heterocycles. The van der Waals surface area contributed by atoms with Gasteiger partial charge >= 0.3 is 5.69 Å². The number of hydrogen-bond donors (Lipinski definition) is 1. The number of rotatable bonds is 5. The highest BCUT2D eigenvalue weighted by Crippen LogP contribution is 2.00. The highest BCUT2D eigenvalue weighted by atomic mass is 32.1. The zero-order chi connectivity index (χ0) is 10.6. The molecule has 0 aliphatic heterocycles. The normalized spacial score (nSPS) is 13.1. The lowest BCUT2D eigenvalue weighted by molar-refractivity contribution is 0.506. The Morgan fingerprint density at radius 1 is 1.43 bits per heavy atom. The second-order valence-corrected chi connectivity index (χ2v) is 4.08. The fraction of sp³-hybridized carbons (Fsp3) is 0.700. The third-order valence-electron chi connectivity index (χ3n) is 2.20. The topological polar surface area (TPSA) is 26.9 Å². The van der Waals surface area contributed by atoms with Crippen molar-refractivity contribution >= 4 is 12.6 Å². The van der Waals surface area contributed by atoms with E-state index in [9.17, 15) is 4.79 Å². The Morgan fingerprint density at radius 3 is 2.64 bits per heavy atom. The van der Waals surface area contributed by atoms with Gasteiger partial charge in [0.1, 0.15) is 0 Å². The van der Waals surface area contributed by atoms with Crippen LogP contribution in [0, 0.1) is 5.92 Å². The predicted molar refractivity (Wildman–Crippen MR) is 62.0 cm³/mol. The number of thiol groups is 1. The third kappa shape index (κ3) is 2.67. The molecule has 3 nitrogen and oxygen atoms in total. The van der Waals surface area contributed by atoms with Crippen LogP contribution in [-0.4, -0.2) is 14.9 Å². The number of imidazole rings is 1. The van der Waals surface area contributed by atoms with Crippen molar-refractivity contribution in [1.29, 1.82) is 0 Å². The summed E-state index contributed by atoms with van der Waals surface area (Å²) in [7, 11) is 0.